The Labute approximate surface area is 179 Å². The lowest BCUT2D eigenvalue weighted by Gasteiger charge is -2.19. The van der Waals surface area contributed by atoms with E-state index in [4.69, 9.17) is 10.5 Å². The first kappa shape index (κ1) is 21.2. The summed E-state index contributed by atoms with van der Waals surface area (Å²) in [5.74, 6) is -0.549. The van der Waals surface area contributed by atoms with Gasteiger partial charge in [0.15, 0.2) is 6.73 Å². The highest BCUT2D eigenvalue weighted by molar-refractivity contribution is 7.89. The van der Waals surface area contributed by atoms with Crippen molar-refractivity contribution in [1.82, 2.24) is 8.87 Å². The number of aryl methyl sites for hydroxylation is 1. The topological polar surface area (TPSA) is 112 Å². The van der Waals surface area contributed by atoms with Crippen molar-refractivity contribution >= 4 is 26.8 Å². The van der Waals surface area contributed by atoms with Crippen LogP contribution in [0.25, 0.3) is 10.8 Å². The lowest BCUT2D eigenvalue weighted by molar-refractivity contribution is 0.0366. The summed E-state index contributed by atoms with van der Waals surface area (Å²) in [7, 11) is -3.79. The molecule has 2 heterocycles. The highest BCUT2D eigenvalue weighted by Crippen LogP contribution is 2.28. The second-order valence-corrected chi connectivity index (χ2v) is 9.51. The minimum Gasteiger partial charge on any atom is -0.440 e. The Morgan fingerprint density at radius 2 is 1.90 bits per heavy atom. The number of fused-ring (bicyclic) bond motifs is 1. The summed E-state index contributed by atoms with van der Waals surface area (Å²) in [4.78, 5) is 25.3. The van der Waals surface area contributed by atoms with Crippen LogP contribution < -0.4 is 11.3 Å². The van der Waals surface area contributed by atoms with Gasteiger partial charge in [-0.05, 0) is 43.2 Å². The van der Waals surface area contributed by atoms with Gasteiger partial charge in [0.25, 0.3) is 5.56 Å². The first-order chi connectivity index (χ1) is 14.8. The molecule has 8 nitrogen and oxygen atoms in total. The van der Waals surface area contributed by atoms with E-state index in [-0.39, 0.29) is 29.6 Å². The van der Waals surface area contributed by atoms with E-state index in [9.17, 15) is 18.0 Å². The average molecular weight is 442 g/mol. The molecule has 0 radical (unpaired) electrons. The van der Waals surface area contributed by atoms with Crippen LogP contribution >= 0.6 is 0 Å². The predicted molar refractivity (Wildman–Crippen MR) is 116 cm³/mol. The van der Waals surface area contributed by atoms with Gasteiger partial charge in [0, 0.05) is 36.1 Å². The number of rotatable bonds is 5. The summed E-state index contributed by atoms with van der Waals surface area (Å²) >= 11 is 0. The number of hydrogen-bond donors (Lipinski definition) is 1. The molecule has 0 unspecified atom stereocenters. The van der Waals surface area contributed by atoms with E-state index in [1.165, 1.54) is 21.1 Å². The molecule has 2 N–H and O–H groups in total. The van der Waals surface area contributed by atoms with Gasteiger partial charge in [-0.25, -0.2) is 13.2 Å². The van der Waals surface area contributed by atoms with Gasteiger partial charge in [-0.3, -0.25) is 9.36 Å². The number of aromatic nitrogens is 1. The molecule has 0 amide bonds. The Bertz CT molecular complexity index is 1300. The van der Waals surface area contributed by atoms with E-state index in [2.05, 4.69) is 0 Å². The molecule has 1 aromatic heterocycles. The molecule has 1 atom stereocenters. The molecular weight excluding hydrogens is 418 g/mol. The van der Waals surface area contributed by atoms with Crippen molar-refractivity contribution in [2.75, 3.05) is 13.1 Å². The number of benzene rings is 2. The second kappa shape index (κ2) is 8.26. The monoisotopic (exact) mass is 441 g/mol. The minimum absolute atomic E-state index is 0.0853. The quantitative estimate of drug-likeness (QED) is 0.605. The normalized spacial score (nSPS) is 17.2. The predicted octanol–water partition coefficient (Wildman–Crippen LogP) is 1.85. The summed E-state index contributed by atoms with van der Waals surface area (Å²) in [5.41, 5.74) is 6.42. The van der Waals surface area contributed by atoms with Crippen LogP contribution in [-0.2, 0) is 21.5 Å². The Balaban J connectivity index is 1.70. The molecule has 1 aliphatic rings. The summed E-state index contributed by atoms with van der Waals surface area (Å²) in [6.07, 6.45) is 2.11. The van der Waals surface area contributed by atoms with Crippen LogP contribution in [0.3, 0.4) is 0 Å². The van der Waals surface area contributed by atoms with Gasteiger partial charge < -0.3 is 10.5 Å². The molecule has 0 bridgehead atoms. The zero-order chi connectivity index (χ0) is 22.2. The maximum atomic E-state index is 13.2. The zero-order valence-electron chi connectivity index (χ0n) is 17.0. The molecule has 162 valence electrons. The molecule has 1 fully saturated rings. The van der Waals surface area contributed by atoms with Crippen molar-refractivity contribution in [3.63, 3.8) is 0 Å². The number of esters is 1. The van der Waals surface area contributed by atoms with E-state index in [1.807, 2.05) is 0 Å². The van der Waals surface area contributed by atoms with Gasteiger partial charge in [0.05, 0.1) is 10.5 Å². The van der Waals surface area contributed by atoms with Crippen molar-refractivity contribution in [3.05, 3.63) is 76.2 Å². The Kier molecular flexibility index (Phi) is 5.65. The van der Waals surface area contributed by atoms with Crippen LogP contribution in [0.5, 0.6) is 0 Å². The Morgan fingerprint density at radius 3 is 2.58 bits per heavy atom. The lowest BCUT2D eigenvalue weighted by atomic mass is 10.1. The summed E-state index contributed by atoms with van der Waals surface area (Å²) in [6.45, 7) is 2.06. The lowest BCUT2D eigenvalue weighted by Crippen LogP contribution is -2.32. The molecule has 3 aromatic rings. The van der Waals surface area contributed by atoms with Crippen molar-refractivity contribution in [2.24, 2.45) is 5.73 Å². The van der Waals surface area contributed by atoms with E-state index in [0.717, 1.165) is 0 Å². The Hall–Kier alpha value is -3.01. The number of carbonyl (C=O) groups is 1. The first-order valence-corrected chi connectivity index (χ1v) is 11.3. The average Bonchev–Trinajstić information content (AvgIpc) is 3.22. The van der Waals surface area contributed by atoms with Crippen LogP contribution in [0.2, 0.25) is 0 Å². The molecule has 31 heavy (non-hydrogen) atoms. The highest BCUT2D eigenvalue weighted by atomic mass is 32.2. The fourth-order valence-electron chi connectivity index (χ4n) is 3.84. The molecule has 0 saturated carbocycles. The second-order valence-electron chi connectivity index (χ2n) is 7.60. The number of ether oxygens (including phenoxy) is 1. The number of hydrogen-bond acceptors (Lipinski definition) is 6. The smallest absolute Gasteiger partial charge is 0.339 e. The number of nitrogens with zero attached hydrogens (tertiary/aromatic N) is 2. The van der Waals surface area contributed by atoms with Gasteiger partial charge in [-0.1, -0.05) is 24.3 Å². The molecule has 1 aliphatic heterocycles. The number of carbonyl (C=O) groups excluding carboxylic acids is 1. The van der Waals surface area contributed by atoms with E-state index >= 15 is 0 Å². The number of pyridine rings is 1. The number of nitrogens with two attached hydrogens (primary N) is 1. The summed E-state index contributed by atoms with van der Waals surface area (Å²) in [5, 5.41) is 0.624. The fourth-order valence-corrected chi connectivity index (χ4v) is 5.63. The maximum absolute atomic E-state index is 13.2. The molecular formula is C22H23N3O5S. The molecule has 0 aliphatic carbocycles. The van der Waals surface area contributed by atoms with Crippen LogP contribution in [-0.4, -0.2) is 42.4 Å². The standard InChI is InChI=1S/C22H23N3O5S/c1-15-12-24(14-30-22(27)16-6-3-2-4-7-16)21(26)18-8-5-9-19(20(15)18)31(28,29)25-11-10-17(23)13-25/h2-9,12,17H,10-11,13-14,23H2,1H3/t17-/m0/s1. The molecule has 4 rings (SSSR count). The van der Waals surface area contributed by atoms with Crippen LogP contribution in [0.1, 0.15) is 22.3 Å². The third kappa shape index (κ3) is 3.99. The van der Waals surface area contributed by atoms with Crippen molar-refractivity contribution in [1.29, 1.82) is 0 Å². The molecule has 2 aromatic carbocycles. The summed E-state index contributed by atoms with van der Waals surface area (Å²) in [6, 6.07) is 12.9. The molecule has 9 heteroatoms. The zero-order valence-corrected chi connectivity index (χ0v) is 17.8. The van der Waals surface area contributed by atoms with Crippen LogP contribution in [0.4, 0.5) is 0 Å². The van der Waals surface area contributed by atoms with Crippen LogP contribution in [0.15, 0.2) is 64.4 Å². The SMILES string of the molecule is Cc1cn(COC(=O)c2ccccc2)c(=O)c2cccc(S(=O)(=O)N3CC[C@H](N)C3)c12. The van der Waals surface area contributed by atoms with E-state index in [0.29, 0.717) is 29.5 Å². The third-order valence-corrected chi connectivity index (χ3v) is 7.32. The fraction of sp³-hybridized carbons (Fsp3) is 0.273. The first-order valence-electron chi connectivity index (χ1n) is 9.89. The minimum atomic E-state index is -3.79. The van der Waals surface area contributed by atoms with E-state index < -0.39 is 21.6 Å². The van der Waals surface area contributed by atoms with Gasteiger partial charge >= 0.3 is 5.97 Å². The molecule has 1 saturated heterocycles. The molecule has 0 spiro atoms. The van der Waals surface area contributed by atoms with Gasteiger partial charge in [0.1, 0.15) is 0 Å². The van der Waals surface area contributed by atoms with Crippen molar-refractivity contribution < 1.29 is 17.9 Å². The Morgan fingerprint density at radius 1 is 1.16 bits per heavy atom. The van der Waals surface area contributed by atoms with Gasteiger partial charge in [-0.2, -0.15) is 4.31 Å². The summed E-state index contributed by atoms with van der Waals surface area (Å²) < 4.78 is 34.3. The third-order valence-electron chi connectivity index (χ3n) is 5.41. The maximum Gasteiger partial charge on any atom is 0.339 e. The largest absolute Gasteiger partial charge is 0.440 e. The van der Waals surface area contributed by atoms with Gasteiger partial charge in [0.2, 0.25) is 10.0 Å². The van der Waals surface area contributed by atoms with E-state index in [1.54, 1.807) is 49.4 Å². The van der Waals surface area contributed by atoms with Crippen molar-refractivity contribution in [3.8, 4) is 0 Å². The van der Waals surface area contributed by atoms with Crippen molar-refractivity contribution in [2.45, 2.75) is 31.0 Å². The van der Waals surface area contributed by atoms with Gasteiger partial charge in [-0.15, -0.1) is 0 Å². The highest BCUT2D eigenvalue weighted by Gasteiger charge is 2.32. The number of sulfonamides is 1. The van der Waals surface area contributed by atoms with Crippen LogP contribution in [0, 0.1) is 6.92 Å².